The van der Waals surface area contributed by atoms with E-state index in [2.05, 4.69) is 15.6 Å². The number of rotatable bonds is 7. The number of sulfonamides is 1. The minimum atomic E-state index is -3.66. The molecular weight excluding hydrogens is 466 g/mol. The lowest BCUT2D eigenvalue weighted by Gasteiger charge is -2.27. The number of para-hydroxylation sites is 1. The molecule has 180 valence electrons. The molecule has 2 heterocycles. The molecule has 3 aromatic carbocycles. The van der Waals surface area contributed by atoms with Gasteiger partial charge in [0.2, 0.25) is 10.0 Å². The van der Waals surface area contributed by atoms with E-state index in [9.17, 15) is 13.2 Å². The van der Waals surface area contributed by atoms with Crippen molar-refractivity contribution in [2.24, 2.45) is 0 Å². The molecule has 1 aliphatic heterocycles. The molecular formula is C25H25N5O4S. The van der Waals surface area contributed by atoms with Crippen molar-refractivity contribution < 1.29 is 17.9 Å². The van der Waals surface area contributed by atoms with Crippen LogP contribution in [0.3, 0.4) is 0 Å². The Hall–Kier alpha value is -3.60. The van der Waals surface area contributed by atoms with Crippen molar-refractivity contribution in [3.63, 3.8) is 0 Å². The van der Waals surface area contributed by atoms with Crippen LogP contribution in [0.25, 0.3) is 11.0 Å². The first-order valence-corrected chi connectivity index (χ1v) is 12.8. The summed E-state index contributed by atoms with van der Waals surface area (Å²) in [5.74, 6) is -0.277. The zero-order valence-electron chi connectivity index (χ0n) is 19.0. The molecule has 1 aromatic heterocycles. The van der Waals surface area contributed by atoms with Crippen molar-refractivity contribution in [1.29, 1.82) is 0 Å². The number of amides is 1. The molecule has 0 unspecified atom stereocenters. The van der Waals surface area contributed by atoms with Gasteiger partial charge in [-0.3, -0.25) is 4.79 Å². The van der Waals surface area contributed by atoms with E-state index in [0.717, 1.165) is 16.6 Å². The van der Waals surface area contributed by atoms with Gasteiger partial charge in [-0.2, -0.15) is 4.31 Å². The van der Waals surface area contributed by atoms with E-state index in [-0.39, 0.29) is 17.3 Å². The molecule has 4 aromatic rings. The van der Waals surface area contributed by atoms with Crippen LogP contribution in [0, 0.1) is 0 Å². The highest BCUT2D eigenvalue weighted by Gasteiger charge is 2.28. The zero-order valence-corrected chi connectivity index (χ0v) is 19.8. The third-order valence-corrected chi connectivity index (χ3v) is 7.97. The first kappa shape index (κ1) is 23.2. The Morgan fingerprint density at radius 1 is 0.943 bits per heavy atom. The molecule has 10 heteroatoms. The van der Waals surface area contributed by atoms with Crippen molar-refractivity contribution in [3.05, 3.63) is 89.5 Å². The van der Waals surface area contributed by atoms with E-state index in [1.54, 1.807) is 36.4 Å². The van der Waals surface area contributed by atoms with Crippen molar-refractivity contribution in [2.75, 3.05) is 26.3 Å². The van der Waals surface area contributed by atoms with Crippen LogP contribution in [0.15, 0.2) is 77.7 Å². The number of nitrogens with zero attached hydrogens (tertiary/aromatic N) is 4. The van der Waals surface area contributed by atoms with E-state index in [1.165, 1.54) is 4.31 Å². The Labute approximate surface area is 203 Å². The topological polar surface area (TPSA) is 106 Å². The number of morpholine rings is 1. The van der Waals surface area contributed by atoms with Gasteiger partial charge in [-0.25, -0.2) is 13.1 Å². The number of carbonyl (C=O) groups is 1. The largest absolute Gasteiger partial charge is 0.379 e. The normalized spacial score (nSPS) is 14.7. The summed E-state index contributed by atoms with van der Waals surface area (Å²) in [7, 11) is -3.66. The predicted octanol–water partition coefficient (Wildman–Crippen LogP) is 2.43. The quantitative estimate of drug-likeness (QED) is 0.426. The maximum atomic E-state index is 13.1. The van der Waals surface area contributed by atoms with Crippen LogP contribution in [0.4, 0.5) is 0 Å². The molecule has 1 N–H and O–H groups in total. The molecule has 0 aliphatic carbocycles. The Kier molecular flexibility index (Phi) is 6.58. The Balaban J connectivity index is 1.25. The first-order valence-electron chi connectivity index (χ1n) is 11.3. The fraction of sp³-hybridized carbons (Fsp3) is 0.240. The molecule has 1 aliphatic rings. The average Bonchev–Trinajstić information content (AvgIpc) is 3.31. The van der Waals surface area contributed by atoms with Gasteiger partial charge in [-0.1, -0.05) is 47.7 Å². The molecule has 1 fully saturated rings. The average molecular weight is 492 g/mol. The van der Waals surface area contributed by atoms with Gasteiger partial charge in [-0.15, -0.1) is 5.10 Å². The number of hydrogen-bond acceptors (Lipinski definition) is 6. The van der Waals surface area contributed by atoms with Crippen LogP contribution in [-0.4, -0.2) is 59.9 Å². The highest BCUT2D eigenvalue weighted by atomic mass is 32.2. The summed E-state index contributed by atoms with van der Waals surface area (Å²) in [4.78, 5) is 13.0. The summed E-state index contributed by atoms with van der Waals surface area (Å²) in [6, 6.07) is 21.8. The summed E-state index contributed by atoms with van der Waals surface area (Å²) < 4.78 is 34.8. The van der Waals surface area contributed by atoms with Crippen molar-refractivity contribution in [2.45, 2.75) is 18.0 Å². The van der Waals surface area contributed by atoms with Crippen molar-refractivity contribution in [3.8, 4) is 0 Å². The van der Waals surface area contributed by atoms with Gasteiger partial charge >= 0.3 is 0 Å². The fourth-order valence-corrected chi connectivity index (χ4v) is 5.70. The molecule has 0 atom stereocenters. The second-order valence-corrected chi connectivity index (χ2v) is 10.1. The molecule has 9 nitrogen and oxygen atoms in total. The van der Waals surface area contributed by atoms with E-state index in [4.69, 9.17) is 4.74 Å². The van der Waals surface area contributed by atoms with Crippen LogP contribution in [0.5, 0.6) is 0 Å². The van der Waals surface area contributed by atoms with Crippen LogP contribution in [-0.2, 0) is 27.8 Å². The number of fused-ring (bicyclic) bond motifs is 1. The summed E-state index contributed by atoms with van der Waals surface area (Å²) in [5.41, 5.74) is 3.80. The fourth-order valence-electron chi connectivity index (χ4n) is 4.07. The monoisotopic (exact) mass is 491 g/mol. The second kappa shape index (κ2) is 9.95. The summed E-state index contributed by atoms with van der Waals surface area (Å²) in [5, 5.41) is 11.2. The van der Waals surface area contributed by atoms with Crippen LogP contribution >= 0.6 is 0 Å². The van der Waals surface area contributed by atoms with E-state index >= 15 is 0 Å². The predicted molar refractivity (Wildman–Crippen MR) is 130 cm³/mol. The molecule has 0 radical (unpaired) electrons. The highest BCUT2D eigenvalue weighted by Crippen LogP contribution is 2.21. The van der Waals surface area contributed by atoms with Gasteiger partial charge in [0, 0.05) is 25.2 Å². The molecule has 0 spiro atoms. The molecule has 1 amide bonds. The van der Waals surface area contributed by atoms with Gasteiger partial charge in [0.15, 0.2) is 0 Å². The van der Waals surface area contributed by atoms with Gasteiger partial charge < -0.3 is 10.1 Å². The van der Waals surface area contributed by atoms with Crippen LogP contribution in [0.2, 0.25) is 0 Å². The van der Waals surface area contributed by atoms with Gasteiger partial charge in [-0.05, 0) is 41.5 Å². The number of aromatic nitrogens is 3. The first-order chi connectivity index (χ1) is 17.0. The smallest absolute Gasteiger partial charge is 0.251 e. The molecule has 35 heavy (non-hydrogen) atoms. The summed E-state index contributed by atoms with van der Waals surface area (Å²) in [6.45, 7) is 2.03. The number of ether oxygens (including phenoxy) is 1. The van der Waals surface area contributed by atoms with Crippen LogP contribution in [0.1, 0.15) is 21.5 Å². The number of hydrogen-bond donors (Lipinski definition) is 1. The minimum absolute atomic E-state index is 0.102. The molecule has 0 bridgehead atoms. The lowest BCUT2D eigenvalue weighted by atomic mass is 10.1. The second-order valence-electron chi connectivity index (χ2n) is 8.24. The molecule has 1 saturated heterocycles. The number of carbonyl (C=O) groups excluding carboxylic acids is 1. The lowest BCUT2D eigenvalue weighted by Crippen LogP contribution is -2.41. The summed E-state index contributed by atoms with van der Waals surface area (Å²) in [6.07, 6.45) is 0. The maximum Gasteiger partial charge on any atom is 0.251 e. The van der Waals surface area contributed by atoms with Gasteiger partial charge in [0.1, 0.15) is 5.52 Å². The SMILES string of the molecule is O=C(NCc1ccccc1S(=O)(=O)N1CCOCC1)c1ccc(Cn2nnc3ccccc32)cc1. The Morgan fingerprint density at radius 3 is 2.46 bits per heavy atom. The minimum Gasteiger partial charge on any atom is -0.379 e. The van der Waals surface area contributed by atoms with Gasteiger partial charge in [0.25, 0.3) is 5.91 Å². The maximum absolute atomic E-state index is 13.1. The summed E-state index contributed by atoms with van der Waals surface area (Å²) >= 11 is 0. The van der Waals surface area contributed by atoms with Crippen molar-refractivity contribution in [1.82, 2.24) is 24.6 Å². The standard InChI is InChI=1S/C25H25N5O4S/c31-25(20-11-9-19(10-12-20)18-30-23-7-3-2-6-22(23)27-28-30)26-17-21-5-1-4-8-24(21)35(32,33)29-13-15-34-16-14-29/h1-12H,13-18H2,(H,26,31). The molecule has 0 saturated carbocycles. The Bertz CT molecular complexity index is 1440. The van der Waals surface area contributed by atoms with Crippen LogP contribution < -0.4 is 5.32 Å². The third kappa shape index (κ3) is 4.95. The van der Waals surface area contributed by atoms with Crippen molar-refractivity contribution >= 4 is 27.0 Å². The van der Waals surface area contributed by atoms with E-state index < -0.39 is 10.0 Å². The van der Waals surface area contributed by atoms with Gasteiger partial charge in [0.05, 0.1) is 30.2 Å². The Morgan fingerprint density at radius 2 is 1.66 bits per heavy atom. The molecule has 5 rings (SSSR count). The van der Waals surface area contributed by atoms with E-state index in [0.29, 0.717) is 44.0 Å². The van der Waals surface area contributed by atoms with E-state index in [1.807, 2.05) is 41.1 Å². The highest BCUT2D eigenvalue weighted by molar-refractivity contribution is 7.89. The number of benzene rings is 3. The lowest BCUT2D eigenvalue weighted by molar-refractivity contribution is 0.0730. The third-order valence-electron chi connectivity index (χ3n) is 5.97. The zero-order chi connectivity index (χ0) is 24.3. The number of nitrogens with one attached hydrogen (secondary N) is 1.